The average molecular weight is 203 g/mol. The van der Waals surface area contributed by atoms with E-state index in [0.29, 0.717) is 6.42 Å². The highest BCUT2D eigenvalue weighted by Crippen LogP contribution is 2.08. The van der Waals surface area contributed by atoms with E-state index in [9.17, 15) is 4.39 Å². The van der Waals surface area contributed by atoms with Crippen LogP contribution in [0.5, 0.6) is 0 Å². The van der Waals surface area contributed by atoms with E-state index in [1.807, 2.05) is 0 Å². The van der Waals surface area contributed by atoms with E-state index in [-0.39, 0.29) is 6.67 Å². The lowest BCUT2D eigenvalue weighted by Gasteiger charge is -2.05. The lowest BCUT2D eigenvalue weighted by atomic mass is 10.0. The number of hydrogen-bond acceptors (Lipinski definition) is 1. The Morgan fingerprint density at radius 1 is 0.929 bits per heavy atom. The summed E-state index contributed by atoms with van der Waals surface area (Å²) in [4.78, 5) is 0. The molecule has 0 heterocycles. The summed E-state index contributed by atoms with van der Waals surface area (Å²) in [6, 6.07) is 0. The molecule has 0 rings (SSSR count). The van der Waals surface area contributed by atoms with Gasteiger partial charge < -0.3 is 5.32 Å². The lowest BCUT2D eigenvalue weighted by molar-refractivity contribution is 0.455. The quantitative estimate of drug-likeness (QED) is 0.535. The van der Waals surface area contributed by atoms with E-state index < -0.39 is 0 Å². The van der Waals surface area contributed by atoms with Crippen LogP contribution in [0.4, 0.5) is 4.39 Å². The molecule has 0 aliphatic carbocycles. The van der Waals surface area contributed by atoms with Gasteiger partial charge in [0.1, 0.15) is 0 Å². The third kappa shape index (κ3) is 11.9. The predicted octanol–water partition coefficient (Wildman–Crippen LogP) is 3.54. The number of halogens is 1. The van der Waals surface area contributed by atoms with Crippen molar-refractivity contribution in [1.29, 1.82) is 0 Å². The van der Waals surface area contributed by atoms with Crippen LogP contribution in [-0.2, 0) is 0 Å². The van der Waals surface area contributed by atoms with Crippen LogP contribution in [0, 0.1) is 5.92 Å². The average Bonchev–Trinajstić information content (AvgIpc) is 2.15. The monoisotopic (exact) mass is 203 g/mol. The van der Waals surface area contributed by atoms with Gasteiger partial charge in [-0.3, -0.25) is 4.39 Å². The number of hydrogen-bond donors (Lipinski definition) is 1. The molecule has 2 heteroatoms. The number of unbranched alkanes of at least 4 members (excludes halogenated alkanes) is 3. The highest BCUT2D eigenvalue weighted by molar-refractivity contribution is 4.51. The van der Waals surface area contributed by atoms with Crippen LogP contribution in [0.25, 0.3) is 0 Å². The third-order valence-corrected chi connectivity index (χ3v) is 2.37. The molecular formula is C12H26FN. The Bertz CT molecular complexity index is 104. The SMILES string of the molecule is CC(C)CCCCCCNCCCF. The van der Waals surface area contributed by atoms with Crippen LogP contribution in [0.15, 0.2) is 0 Å². The van der Waals surface area contributed by atoms with Gasteiger partial charge in [0, 0.05) is 0 Å². The molecule has 0 unspecified atom stereocenters. The van der Waals surface area contributed by atoms with Gasteiger partial charge in [-0.05, 0) is 31.8 Å². The van der Waals surface area contributed by atoms with Crippen molar-refractivity contribution < 1.29 is 4.39 Å². The van der Waals surface area contributed by atoms with Crippen molar-refractivity contribution in [3.63, 3.8) is 0 Å². The van der Waals surface area contributed by atoms with Crippen molar-refractivity contribution in [2.24, 2.45) is 5.92 Å². The molecule has 0 atom stereocenters. The van der Waals surface area contributed by atoms with Gasteiger partial charge >= 0.3 is 0 Å². The Morgan fingerprint density at radius 2 is 1.57 bits per heavy atom. The third-order valence-electron chi connectivity index (χ3n) is 2.37. The van der Waals surface area contributed by atoms with Gasteiger partial charge in [-0.15, -0.1) is 0 Å². The number of nitrogens with one attached hydrogen (secondary N) is 1. The molecule has 0 aliphatic rings. The zero-order chi connectivity index (χ0) is 10.6. The summed E-state index contributed by atoms with van der Waals surface area (Å²) >= 11 is 0. The first-order valence-corrected chi connectivity index (χ1v) is 6.04. The molecule has 1 N–H and O–H groups in total. The Morgan fingerprint density at radius 3 is 2.21 bits per heavy atom. The van der Waals surface area contributed by atoms with Crippen LogP contribution in [-0.4, -0.2) is 19.8 Å². The first-order chi connectivity index (χ1) is 6.77. The minimum atomic E-state index is -0.193. The van der Waals surface area contributed by atoms with Crippen molar-refractivity contribution in [2.45, 2.75) is 52.4 Å². The molecular weight excluding hydrogens is 177 g/mol. The van der Waals surface area contributed by atoms with Gasteiger partial charge in [-0.25, -0.2) is 0 Å². The highest BCUT2D eigenvalue weighted by Gasteiger charge is 1.94. The summed E-state index contributed by atoms with van der Waals surface area (Å²) < 4.78 is 11.7. The van der Waals surface area contributed by atoms with Crippen molar-refractivity contribution in [2.75, 3.05) is 19.8 Å². The summed E-state index contributed by atoms with van der Waals surface area (Å²) in [6.45, 7) is 6.25. The molecule has 1 nitrogen and oxygen atoms in total. The van der Waals surface area contributed by atoms with E-state index >= 15 is 0 Å². The van der Waals surface area contributed by atoms with E-state index in [4.69, 9.17) is 0 Å². The second-order valence-electron chi connectivity index (χ2n) is 4.39. The lowest BCUT2D eigenvalue weighted by Crippen LogP contribution is -2.16. The maximum atomic E-state index is 11.7. The minimum Gasteiger partial charge on any atom is -0.317 e. The van der Waals surface area contributed by atoms with Gasteiger partial charge in [0.2, 0.25) is 0 Å². The van der Waals surface area contributed by atoms with E-state index in [1.54, 1.807) is 0 Å². The first kappa shape index (κ1) is 13.9. The molecule has 0 bridgehead atoms. The number of rotatable bonds is 10. The zero-order valence-corrected chi connectivity index (χ0v) is 9.82. The zero-order valence-electron chi connectivity index (χ0n) is 9.82. The summed E-state index contributed by atoms with van der Waals surface area (Å²) in [5, 5.41) is 3.25. The predicted molar refractivity (Wildman–Crippen MR) is 61.4 cm³/mol. The van der Waals surface area contributed by atoms with Gasteiger partial charge in [0.05, 0.1) is 6.67 Å². The topological polar surface area (TPSA) is 12.0 Å². The summed E-state index contributed by atoms with van der Waals surface area (Å²) in [7, 11) is 0. The van der Waals surface area contributed by atoms with Crippen LogP contribution in [0.3, 0.4) is 0 Å². The summed E-state index contributed by atoms with van der Waals surface area (Å²) in [5.41, 5.74) is 0. The molecule has 0 saturated carbocycles. The normalized spacial score (nSPS) is 11.1. The second kappa shape index (κ2) is 11.0. The Labute approximate surface area is 88.5 Å². The molecule has 0 fully saturated rings. The van der Waals surface area contributed by atoms with Gasteiger partial charge in [0.25, 0.3) is 0 Å². The molecule has 0 saturated heterocycles. The fourth-order valence-corrected chi connectivity index (χ4v) is 1.47. The van der Waals surface area contributed by atoms with Crippen molar-refractivity contribution in [3.05, 3.63) is 0 Å². The summed E-state index contributed by atoms with van der Waals surface area (Å²) in [5.74, 6) is 0.845. The molecule has 86 valence electrons. The van der Waals surface area contributed by atoms with E-state index in [1.165, 1.54) is 32.1 Å². The first-order valence-electron chi connectivity index (χ1n) is 6.04. The van der Waals surface area contributed by atoms with E-state index in [2.05, 4.69) is 19.2 Å². The van der Waals surface area contributed by atoms with Crippen LogP contribution < -0.4 is 5.32 Å². The smallest absolute Gasteiger partial charge is 0.0906 e. The summed E-state index contributed by atoms with van der Waals surface area (Å²) in [6.07, 6.45) is 7.29. The van der Waals surface area contributed by atoms with Gasteiger partial charge in [-0.1, -0.05) is 39.5 Å². The Hall–Kier alpha value is -0.110. The maximum Gasteiger partial charge on any atom is 0.0906 e. The minimum absolute atomic E-state index is 0.193. The Kier molecular flexibility index (Phi) is 10.9. The fraction of sp³-hybridized carbons (Fsp3) is 1.00. The van der Waals surface area contributed by atoms with Crippen molar-refractivity contribution in [1.82, 2.24) is 5.32 Å². The van der Waals surface area contributed by atoms with Crippen molar-refractivity contribution >= 4 is 0 Å². The molecule has 0 aromatic rings. The largest absolute Gasteiger partial charge is 0.317 e. The van der Waals surface area contributed by atoms with Crippen molar-refractivity contribution in [3.8, 4) is 0 Å². The standard InChI is InChI=1S/C12H26FN/c1-12(2)8-5-3-4-6-10-14-11-7-9-13/h12,14H,3-11H2,1-2H3. The Balaban J connectivity index is 2.85. The van der Waals surface area contributed by atoms with Gasteiger partial charge in [0.15, 0.2) is 0 Å². The molecule has 0 aromatic heterocycles. The van der Waals surface area contributed by atoms with Crippen LogP contribution in [0.1, 0.15) is 52.4 Å². The van der Waals surface area contributed by atoms with Crippen LogP contribution in [0.2, 0.25) is 0 Å². The molecule has 0 spiro atoms. The molecule has 0 radical (unpaired) electrons. The molecule has 14 heavy (non-hydrogen) atoms. The van der Waals surface area contributed by atoms with E-state index in [0.717, 1.165) is 19.0 Å². The fourth-order valence-electron chi connectivity index (χ4n) is 1.47. The molecule has 0 aliphatic heterocycles. The maximum absolute atomic E-state index is 11.7. The number of alkyl halides is 1. The van der Waals surface area contributed by atoms with Crippen LogP contribution >= 0.6 is 0 Å². The highest BCUT2D eigenvalue weighted by atomic mass is 19.1. The second-order valence-corrected chi connectivity index (χ2v) is 4.39. The molecule has 0 aromatic carbocycles. The molecule has 0 amide bonds. The van der Waals surface area contributed by atoms with Gasteiger partial charge in [-0.2, -0.15) is 0 Å².